The molecule has 186 valence electrons. The number of thiocarbonyl (C=S) groups is 1. The molecule has 0 aromatic carbocycles. The van der Waals surface area contributed by atoms with Crippen molar-refractivity contribution in [3.8, 4) is 0 Å². The normalized spacial score (nSPS) is 20.1. The average Bonchev–Trinajstić information content (AvgIpc) is 3.15. The molecule has 1 aromatic rings. The van der Waals surface area contributed by atoms with Crippen molar-refractivity contribution in [3.63, 3.8) is 0 Å². The first-order valence-corrected chi connectivity index (χ1v) is 13.0. The number of ether oxygens (including phenoxy) is 2. The van der Waals surface area contributed by atoms with Gasteiger partial charge >= 0.3 is 11.7 Å². The van der Waals surface area contributed by atoms with E-state index in [1.165, 1.54) is 49.5 Å². The molecule has 0 amide bonds. The maximum Gasteiger partial charge on any atom is 0.328 e. The summed E-state index contributed by atoms with van der Waals surface area (Å²) in [5, 5.41) is 1.82. The Labute approximate surface area is 206 Å². The molecule has 1 fully saturated rings. The molecule has 0 unspecified atom stereocenters. The van der Waals surface area contributed by atoms with Gasteiger partial charge in [-0.3, -0.25) is 14.3 Å². The number of nitrogens with zero attached hydrogens (tertiary/aromatic N) is 1. The van der Waals surface area contributed by atoms with E-state index in [9.17, 15) is 14.0 Å². The van der Waals surface area contributed by atoms with Gasteiger partial charge in [-0.1, -0.05) is 75.8 Å². The Morgan fingerprint density at radius 3 is 2.42 bits per heavy atom. The van der Waals surface area contributed by atoms with Gasteiger partial charge in [0.05, 0.1) is 0 Å². The number of aromatic nitrogens is 2. The third-order valence-electron chi connectivity index (χ3n) is 5.98. The number of esters is 1. The van der Waals surface area contributed by atoms with Crippen LogP contribution in [-0.2, 0) is 14.3 Å². The zero-order valence-electron chi connectivity index (χ0n) is 19.6. The molecule has 0 spiro atoms. The third-order valence-corrected chi connectivity index (χ3v) is 6.64. The van der Waals surface area contributed by atoms with E-state index in [4.69, 9.17) is 33.9 Å². The minimum atomic E-state index is -1.31. The average molecular weight is 501 g/mol. The lowest BCUT2D eigenvalue weighted by molar-refractivity contribution is -0.149. The number of alkyl halides is 1. The Bertz CT molecular complexity index is 858. The summed E-state index contributed by atoms with van der Waals surface area (Å²) in [5.74, 6) is -0.331. The number of rotatable bonds is 16. The lowest BCUT2D eigenvalue weighted by Crippen LogP contribution is -2.28. The highest BCUT2D eigenvalue weighted by molar-refractivity contribution is 7.78. The summed E-state index contributed by atoms with van der Waals surface area (Å²) < 4.78 is 26.9. The molecule has 2 rings (SSSR count). The van der Waals surface area contributed by atoms with Gasteiger partial charge in [-0.25, -0.2) is 9.18 Å². The van der Waals surface area contributed by atoms with Gasteiger partial charge in [0.2, 0.25) is 0 Å². The van der Waals surface area contributed by atoms with E-state index in [0.29, 0.717) is 16.6 Å². The standard InChI is InChI=1S/C24H37FN2O4S2/c1-18-16-27(24(29)26-23(18)33)21-15-19(25)20(31-21)17-30-22(28)13-11-9-7-5-3-2-4-6-8-10-12-14-32/h14,16,19-21H,2-13,15,17H2,1H3,(H,26,29,33)/t19-,20+,21+/m0/s1. The van der Waals surface area contributed by atoms with Gasteiger partial charge < -0.3 is 9.47 Å². The number of unbranched alkanes of at least 4 members (excludes halogenated alkanes) is 10. The second kappa shape index (κ2) is 15.5. The Morgan fingerprint density at radius 2 is 1.79 bits per heavy atom. The molecule has 1 saturated heterocycles. The first-order chi connectivity index (χ1) is 15.9. The quantitative estimate of drug-likeness (QED) is 0.169. The second-order valence-corrected chi connectivity index (χ2v) is 9.53. The van der Waals surface area contributed by atoms with Crippen molar-refractivity contribution in [3.05, 3.63) is 26.9 Å². The molecule has 1 aromatic heterocycles. The number of carbonyl (C=O) groups excluding carboxylic acids is 1. The summed E-state index contributed by atoms with van der Waals surface area (Å²) in [6, 6.07) is 0. The number of hydrogen-bond acceptors (Lipinski definition) is 6. The van der Waals surface area contributed by atoms with Crippen LogP contribution in [0.25, 0.3) is 0 Å². The van der Waals surface area contributed by atoms with Gasteiger partial charge in [0.15, 0.2) is 0 Å². The van der Waals surface area contributed by atoms with Gasteiger partial charge in [-0.05, 0) is 31.6 Å². The van der Waals surface area contributed by atoms with Crippen LogP contribution in [0.2, 0.25) is 0 Å². The molecule has 0 saturated carbocycles. The number of hydrogen-bond donors (Lipinski definition) is 1. The van der Waals surface area contributed by atoms with E-state index in [0.717, 1.165) is 25.7 Å². The van der Waals surface area contributed by atoms with Crippen LogP contribution in [0.15, 0.2) is 11.0 Å². The maximum absolute atomic E-state index is 14.4. The lowest BCUT2D eigenvalue weighted by Gasteiger charge is -2.16. The van der Waals surface area contributed by atoms with Crippen LogP contribution in [0.4, 0.5) is 4.39 Å². The Balaban J connectivity index is 1.54. The molecular formula is C24H37FN2O4S2. The molecule has 9 heteroatoms. The van der Waals surface area contributed by atoms with Crippen LogP contribution in [0, 0.1) is 11.6 Å². The fourth-order valence-corrected chi connectivity index (χ4v) is 4.28. The Kier molecular flexibility index (Phi) is 13.0. The van der Waals surface area contributed by atoms with E-state index >= 15 is 0 Å². The summed E-state index contributed by atoms with van der Waals surface area (Å²) in [4.78, 5) is 26.6. The molecule has 6 nitrogen and oxygen atoms in total. The van der Waals surface area contributed by atoms with E-state index in [-0.39, 0.29) is 19.0 Å². The van der Waals surface area contributed by atoms with Crippen molar-refractivity contribution in [2.24, 2.45) is 0 Å². The van der Waals surface area contributed by atoms with Crippen molar-refractivity contribution in [2.75, 3.05) is 6.61 Å². The topological polar surface area (TPSA) is 73.3 Å². The molecule has 1 N–H and O–H groups in total. The van der Waals surface area contributed by atoms with Crippen molar-refractivity contribution >= 4 is 35.8 Å². The van der Waals surface area contributed by atoms with Crippen LogP contribution in [0.3, 0.4) is 0 Å². The zero-order chi connectivity index (χ0) is 24.1. The van der Waals surface area contributed by atoms with Crippen LogP contribution in [-0.4, -0.2) is 39.8 Å². The van der Waals surface area contributed by atoms with Gasteiger partial charge in [-0.15, -0.1) is 0 Å². The van der Waals surface area contributed by atoms with Gasteiger partial charge in [0.1, 0.15) is 29.8 Å². The summed E-state index contributed by atoms with van der Waals surface area (Å²) in [6.07, 6.45) is 11.7. The molecule has 1 aliphatic heterocycles. The molecule has 3 atom stereocenters. The summed E-state index contributed by atoms with van der Waals surface area (Å²) in [6.45, 7) is 1.62. The second-order valence-electron chi connectivity index (χ2n) is 8.78. The fourth-order valence-electron chi connectivity index (χ4n) is 3.97. The minimum Gasteiger partial charge on any atom is -0.463 e. The first-order valence-electron chi connectivity index (χ1n) is 12.1. The highest BCUT2D eigenvalue weighted by atomic mass is 32.1. The van der Waals surface area contributed by atoms with E-state index < -0.39 is 24.2 Å². The number of aryl methyl sites for hydroxylation is 1. The maximum atomic E-state index is 14.4. The molecule has 2 heterocycles. The molecule has 0 radical (unpaired) electrons. The van der Waals surface area contributed by atoms with E-state index in [2.05, 4.69) is 4.98 Å². The highest BCUT2D eigenvalue weighted by Crippen LogP contribution is 2.30. The molecule has 33 heavy (non-hydrogen) atoms. The van der Waals surface area contributed by atoms with Gasteiger partial charge in [0, 0.05) is 24.6 Å². The van der Waals surface area contributed by atoms with E-state index in [1.807, 2.05) is 5.37 Å². The highest BCUT2D eigenvalue weighted by Gasteiger charge is 2.37. The predicted molar refractivity (Wildman–Crippen MR) is 134 cm³/mol. The van der Waals surface area contributed by atoms with Crippen molar-refractivity contribution in [1.29, 1.82) is 0 Å². The fraction of sp³-hybridized carbons (Fsp3) is 0.750. The molecule has 0 bridgehead atoms. The summed E-state index contributed by atoms with van der Waals surface area (Å²) in [5.41, 5.74) is 0.263. The Hall–Kier alpha value is -1.45. The predicted octanol–water partition coefficient (Wildman–Crippen LogP) is 6.06. The van der Waals surface area contributed by atoms with Crippen molar-refractivity contribution < 1.29 is 18.7 Å². The van der Waals surface area contributed by atoms with Crippen LogP contribution in [0.1, 0.15) is 95.3 Å². The van der Waals surface area contributed by atoms with Crippen LogP contribution >= 0.6 is 24.4 Å². The molecule has 0 aliphatic carbocycles. The first kappa shape index (κ1) is 27.8. The Morgan fingerprint density at radius 1 is 1.18 bits per heavy atom. The zero-order valence-corrected chi connectivity index (χ0v) is 21.2. The lowest BCUT2D eigenvalue weighted by atomic mass is 10.1. The van der Waals surface area contributed by atoms with Crippen LogP contribution in [0.5, 0.6) is 0 Å². The van der Waals surface area contributed by atoms with Crippen molar-refractivity contribution in [1.82, 2.24) is 9.55 Å². The number of halogens is 1. The van der Waals surface area contributed by atoms with E-state index in [1.54, 1.807) is 13.1 Å². The monoisotopic (exact) mass is 500 g/mol. The molecular weight excluding hydrogens is 463 g/mol. The number of H-pyrrole nitrogens is 1. The van der Waals surface area contributed by atoms with Gasteiger partial charge in [0.25, 0.3) is 0 Å². The smallest absolute Gasteiger partial charge is 0.328 e. The molecule has 1 aliphatic rings. The third kappa shape index (κ3) is 10.1. The summed E-state index contributed by atoms with van der Waals surface area (Å²) in [7, 11) is 0. The number of carbonyl (C=O) groups is 1. The number of nitrogens with one attached hydrogen (secondary N) is 1. The number of aromatic amines is 1. The SMILES string of the molecule is Cc1cn([C@H]2C[C@H](F)[C@@H](COC(=O)CCCCCCCCCCCCC=S)O2)c(=O)[nH]c1=S. The van der Waals surface area contributed by atoms with Crippen LogP contribution < -0.4 is 5.69 Å². The minimum absolute atomic E-state index is 0.0271. The summed E-state index contributed by atoms with van der Waals surface area (Å²) >= 11 is 9.86. The van der Waals surface area contributed by atoms with Gasteiger partial charge in [-0.2, -0.15) is 0 Å². The largest absolute Gasteiger partial charge is 0.463 e. The van der Waals surface area contributed by atoms with Crippen molar-refractivity contribution in [2.45, 2.75) is 109 Å².